The van der Waals surface area contributed by atoms with Gasteiger partial charge in [-0.05, 0) is 40.5 Å². The molecule has 0 aliphatic rings. The van der Waals surface area contributed by atoms with Gasteiger partial charge in [-0.15, -0.1) is 11.3 Å². The highest BCUT2D eigenvalue weighted by molar-refractivity contribution is 9.11. The summed E-state index contributed by atoms with van der Waals surface area (Å²) in [6, 6.07) is 3.14. The van der Waals surface area contributed by atoms with E-state index in [2.05, 4.69) is 25.6 Å². The van der Waals surface area contributed by atoms with Gasteiger partial charge < -0.3 is 5.11 Å². The minimum Gasteiger partial charge on any atom is -0.391 e. The first-order valence-electron chi connectivity index (χ1n) is 5.26. The van der Waals surface area contributed by atoms with Crippen molar-refractivity contribution in [2.45, 2.75) is 18.4 Å². The van der Waals surface area contributed by atoms with E-state index in [4.69, 9.17) is 5.11 Å². The molecular formula is C11H11BrN2O3S2. The number of sulfonamides is 1. The summed E-state index contributed by atoms with van der Waals surface area (Å²) in [6.07, 6.45) is 3.08. The quantitative estimate of drug-likeness (QED) is 0.875. The number of hydrogen-bond acceptors (Lipinski definition) is 5. The smallest absolute Gasteiger partial charge is 0.263 e. The Hall–Kier alpha value is -0.960. The van der Waals surface area contributed by atoms with Crippen molar-refractivity contribution in [1.82, 2.24) is 4.98 Å². The van der Waals surface area contributed by atoms with Gasteiger partial charge in [0.1, 0.15) is 4.90 Å². The zero-order valence-electron chi connectivity index (χ0n) is 9.92. The first kappa shape index (κ1) is 14.4. The molecule has 0 aliphatic carbocycles. The van der Waals surface area contributed by atoms with Crippen molar-refractivity contribution in [3.63, 3.8) is 0 Å². The average Bonchev–Trinajstić information content (AvgIpc) is 2.71. The number of aromatic nitrogens is 1. The summed E-state index contributed by atoms with van der Waals surface area (Å²) in [7, 11) is -3.69. The van der Waals surface area contributed by atoms with Crippen molar-refractivity contribution in [1.29, 1.82) is 0 Å². The van der Waals surface area contributed by atoms with Crippen LogP contribution >= 0.6 is 27.3 Å². The minimum absolute atomic E-state index is 0.114. The number of aliphatic hydroxyl groups excluding tert-OH is 1. The predicted molar refractivity (Wildman–Crippen MR) is 77.7 cm³/mol. The van der Waals surface area contributed by atoms with Crippen LogP contribution in [0.4, 0.5) is 5.69 Å². The summed E-state index contributed by atoms with van der Waals surface area (Å²) in [4.78, 5) is 4.62. The molecule has 8 heteroatoms. The van der Waals surface area contributed by atoms with Crippen LogP contribution in [0.2, 0.25) is 0 Å². The molecule has 0 unspecified atom stereocenters. The lowest BCUT2D eigenvalue weighted by Gasteiger charge is -2.07. The molecule has 2 heterocycles. The fourth-order valence-electron chi connectivity index (χ4n) is 1.48. The number of rotatable bonds is 4. The SMILES string of the molecule is Cc1cncc(NS(=O)(=O)c2cc(CO)sc2Br)c1. The maximum atomic E-state index is 12.2. The molecule has 0 saturated carbocycles. The number of aryl methyl sites for hydroxylation is 1. The molecule has 5 nitrogen and oxygen atoms in total. The first-order chi connectivity index (χ1) is 8.92. The van der Waals surface area contributed by atoms with Gasteiger partial charge in [-0.1, -0.05) is 0 Å². The van der Waals surface area contributed by atoms with Crippen molar-refractivity contribution in [2.75, 3.05) is 4.72 Å². The van der Waals surface area contributed by atoms with Crippen LogP contribution < -0.4 is 4.72 Å². The molecule has 0 aromatic carbocycles. The molecular weight excluding hydrogens is 352 g/mol. The lowest BCUT2D eigenvalue weighted by Crippen LogP contribution is -2.12. The van der Waals surface area contributed by atoms with E-state index >= 15 is 0 Å². The molecule has 0 amide bonds. The van der Waals surface area contributed by atoms with Crippen LogP contribution in [0.15, 0.2) is 33.2 Å². The lowest BCUT2D eigenvalue weighted by molar-refractivity contribution is 0.285. The number of halogens is 1. The highest BCUT2D eigenvalue weighted by Crippen LogP contribution is 2.32. The standard InChI is InChI=1S/C11H11BrN2O3S2/c1-7-2-8(5-13-4-7)14-19(16,17)10-3-9(6-15)18-11(10)12/h2-5,14-15H,6H2,1H3. The van der Waals surface area contributed by atoms with E-state index in [1.165, 1.54) is 23.6 Å². The molecule has 0 bridgehead atoms. The largest absolute Gasteiger partial charge is 0.391 e. The third kappa shape index (κ3) is 3.33. The molecule has 0 aliphatic heterocycles. The van der Waals surface area contributed by atoms with Gasteiger partial charge in [0.15, 0.2) is 0 Å². The first-order valence-corrected chi connectivity index (χ1v) is 8.35. The maximum Gasteiger partial charge on any atom is 0.263 e. The number of anilines is 1. The zero-order chi connectivity index (χ0) is 14.0. The van der Waals surface area contributed by atoms with Crippen LogP contribution in [-0.2, 0) is 16.6 Å². The molecule has 0 radical (unpaired) electrons. The van der Waals surface area contributed by atoms with Crippen molar-refractivity contribution in [2.24, 2.45) is 0 Å². The Labute approximate surface area is 123 Å². The van der Waals surface area contributed by atoms with Gasteiger partial charge in [0.05, 0.1) is 22.3 Å². The third-order valence-corrected chi connectivity index (χ3v) is 5.90. The highest BCUT2D eigenvalue weighted by atomic mass is 79.9. The predicted octanol–water partition coefficient (Wildman–Crippen LogP) is 2.51. The van der Waals surface area contributed by atoms with Gasteiger partial charge >= 0.3 is 0 Å². The second kappa shape index (κ2) is 5.58. The number of hydrogen-bond donors (Lipinski definition) is 2. The molecule has 2 aromatic rings. The van der Waals surface area contributed by atoms with Crippen molar-refractivity contribution in [3.8, 4) is 0 Å². The van der Waals surface area contributed by atoms with E-state index in [0.717, 1.165) is 5.56 Å². The Kier molecular flexibility index (Phi) is 4.24. The van der Waals surface area contributed by atoms with Gasteiger partial charge in [0.25, 0.3) is 10.0 Å². The number of nitrogens with one attached hydrogen (secondary N) is 1. The number of pyridine rings is 1. The third-order valence-electron chi connectivity index (χ3n) is 2.28. The van der Waals surface area contributed by atoms with Crippen LogP contribution in [-0.4, -0.2) is 18.5 Å². The molecule has 2 rings (SSSR count). The topological polar surface area (TPSA) is 79.3 Å². The highest BCUT2D eigenvalue weighted by Gasteiger charge is 2.21. The van der Waals surface area contributed by atoms with Gasteiger partial charge in [-0.2, -0.15) is 0 Å². The van der Waals surface area contributed by atoms with E-state index in [9.17, 15) is 8.42 Å². The van der Waals surface area contributed by atoms with E-state index in [0.29, 0.717) is 14.4 Å². The fraction of sp³-hybridized carbons (Fsp3) is 0.182. The van der Waals surface area contributed by atoms with Gasteiger partial charge in [-0.3, -0.25) is 9.71 Å². The normalized spacial score (nSPS) is 11.5. The van der Waals surface area contributed by atoms with Gasteiger partial charge in [0.2, 0.25) is 0 Å². The van der Waals surface area contributed by atoms with E-state index < -0.39 is 10.0 Å². The molecule has 2 aromatic heterocycles. The number of nitrogens with zero attached hydrogens (tertiary/aromatic N) is 1. The fourth-order valence-corrected chi connectivity index (χ4v) is 5.06. The summed E-state index contributed by atoms with van der Waals surface area (Å²) < 4.78 is 27.4. The van der Waals surface area contributed by atoms with Crippen LogP contribution in [0, 0.1) is 6.92 Å². The summed E-state index contributed by atoms with van der Waals surface area (Å²) in [6.45, 7) is 1.64. The zero-order valence-corrected chi connectivity index (χ0v) is 13.1. The van der Waals surface area contributed by atoms with Gasteiger partial charge in [-0.25, -0.2) is 8.42 Å². The Bertz CT molecular complexity index is 698. The van der Waals surface area contributed by atoms with Crippen LogP contribution in [0.5, 0.6) is 0 Å². The molecule has 102 valence electrons. The Balaban J connectivity index is 2.34. The van der Waals surface area contributed by atoms with Crippen LogP contribution in [0.3, 0.4) is 0 Å². The van der Waals surface area contributed by atoms with Crippen molar-refractivity contribution in [3.05, 3.63) is 38.8 Å². The molecule has 0 saturated heterocycles. The Morgan fingerprint density at radius 2 is 2.16 bits per heavy atom. The number of aliphatic hydroxyl groups is 1. The lowest BCUT2D eigenvalue weighted by atomic mass is 10.3. The van der Waals surface area contributed by atoms with Gasteiger partial charge in [0, 0.05) is 11.1 Å². The maximum absolute atomic E-state index is 12.2. The van der Waals surface area contributed by atoms with E-state index in [-0.39, 0.29) is 11.5 Å². The summed E-state index contributed by atoms with van der Waals surface area (Å²) >= 11 is 4.38. The molecule has 0 fully saturated rings. The van der Waals surface area contributed by atoms with E-state index in [1.807, 2.05) is 6.92 Å². The minimum atomic E-state index is -3.69. The number of thiophene rings is 1. The summed E-state index contributed by atoms with van der Waals surface area (Å²) in [5, 5.41) is 9.03. The molecule has 19 heavy (non-hydrogen) atoms. The second-order valence-corrected chi connectivity index (χ2v) is 7.97. The van der Waals surface area contributed by atoms with Crippen molar-refractivity contribution < 1.29 is 13.5 Å². The average molecular weight is 363 g/mol. The Morgan fingerprint density at radius 3 is 2.74 bits per heavy atom. The monoisotopic (exact) mass is 362 g/mol. The molecule has 2 N–H and O–H groups in total. The molecule has 0 atom stereocenters. The second-order valence-electron chi connectivity index (χ2n) is 3.87. The van der Waals surface area contributed by atoms with Crippen LogP contribution in [0.25, 0.3) is 0 Å². The molecule has 0 spiro atoms. The summed E-state index contributed by atoms with van der Waals surface area (Å²) in [5.41, 5.74) is 1.27. The van der Waals surface area contributed by atoms with Crippen molar-refractivity contribution >= 4 is 43.0 Å². The van der Waals surface area contributed by atoms with E-state index in [1.54, 1.807) is 12.3 Å². The van der Waals surface area contributed by atoms with Crippen LogP contribution in [0.1, 0.15) is 10.4 Å². The summed E-state index contributed by atoms with van der Waals surface area (Å²) in [5.74, 6) is 0. The Morgan fingerprint density at radius 1 is 1.42 bits per heavy atom.